The van der Waals surface area contributed by atoms with E-state index in [0.717, 1.165) is 5.56 Å². The number of benzene rings is 2. The van der Waals surface area contributed by atoms with Crippen molar-refractivity contribution in [3.05, 3.63) is 57.0 Å². The quantitative estimate of drug-likeness (QED) is 0.447. The highest BCUT2D eigenvalue weighted by molar-refractivity contribution is 9.11. The fourth-order valence-electron chi connectivity index (χ4n) is 3.58. The first-order chi connectivity index (χ1) is 15.6. The molecule has 10 heteroatoms. The number of rotatable bonds is 10. The SMILES string of the molecule is CC(=O)CCc1ccc(OC[C@@H](O)CN2CCN(S(=O)(=O)c3cc(Br)ccc3Br)CC2)cc1. The minimum atomic E-state index is -3.60. The zero-order valence-electron chi connectivity index (χ0n) is 18.4. The Bertz CT molecular complexity index is 1060. The van der Waals surface area contributed by atoms with Crippen LogP contribution >= 0.6 is 31.9 Å². The van der Waals surface area contributed by atoms with Gasteiger partial charge < -0.3 is 14.6 Å². The van der Waals surface area contributed by atoms with E-state index in [1.54, 1.807) is 25.1 Å². The van der Waals surface area contributed by atoms with Crippen molar-refractivity contribution in [2.24, 2.45) is 0 Å². The summed E-state index contributed by atoms with van der Waals surface area (Å²) in [5.74, 6) is 0.828. The molecular formula is C23H28Br2N2O5S. The summed E-state index contributed by atoms with van der Waals surface area (Å²) in [4.78, 5) is 13.4. The fraction of sp³-hybridized carbons (Fsp3) is 0.435. The number of aryl methyl sites for hydroxylation is 1. The van der Waals surface area contributed by atoms with Crippen molar-refractivity contribution in [2.75, 3.05) is 39.3 Å². The molecule has 1 aliphatic heterocycles. The van der Waals surface area contributed by atoms with Gasteiger partial charge in [0.15, 0.2) is 0 Å². The summed E-state index contributed by atoms with van der Waals surface area (Å²) in [6.07, 6.45) is 0.538. The largest absolute Gasteiger partial charge is 0.491 e. The maximum atomic E-state index is 13.0. The van der Waals surface area contributed by atoms with E-state index in [9.17, 15) is 18.3 Å². The van der Waals surface area contributed by atoms with Crippen molar-refractivity contribution in [1.29, 1.82) is 0 Å². The van der Waals surface area contributed by atoms with E-state index >= 15 is 0 Å². The third kappa shape index (κ3) is 7.60. The van der Waals surface area contributed by atoms with Gasteiger partial charge in [0.25, 0.3) is 0 Å². The average molecular weight is 604 g/mol. The second kappa shape index (κ2) is 11.9. The van der Waals surface area contributed by atoms with Crippen molar-refractivity contribution < 1.29 is 23.1 Å². The van der Waals surface area contributed by atoms with E-state index in [2.05, 4.69) is 31.9 Å². The average Bonchev–Trinajstić information content (AvgIpc) is 2.79. The maximum absolute atomic E-state index is 13.0. The lowest BCUT2D eigenvalue weighted by Crippen LogP contribution is -2.50. The number of carbonyl (C=O) groups is 1. The number of nitrogens with zero attached hydrogens (tertiary/aromatic N) is 2. The molecule has 180 valence electrons. The number of ether oxygens (including phenoxy) is 1. The van der Waals surface area contributed by atoms with Gasteiger partial charge in [0.1, 0.15) is 24.2 Å². The molecular weight excluding hydrogens is 576 g/mol. The number of hydrogen-bond acceptors (Lipinski definition) is 6. The molecule has 1 atom stereocenters. The lowest BCUT2D eigenvalue weighted by molar-refractivity contribution is -0.116. The molecule has 0 aromatic heterocycles. The van der Waals surface area contributed by atoms with Crippen molar-refractivity contribution >= 4 is 47.7 Å². The molecule has 0 aliphatic carbocycles. The van der Waals surface area contributed by atoms with Crippen LogP contribution < -0.4 is 4.74 Å². The number of aliphatic hydroxyl groups excluding tert-OH is 1. The molecule has 33 heavy (non-hydrogen) atoms. The smallest absolute Gasteiger partial charge is 0.244 e. The zero-order chi connectivity index (χ0) is 24.0. The lowest BCUT2D eigenvalue weighted by Gasteiger charge is -2.35. The van der Waals surface area contributed by atoms with E-state index in [4.69, 9.17) is 4.74 Å². The standard InChI is InChI=1S/C23H28Br2N2O5S/c1-17(28)2-3-18-4-7-21(8-5-18)32-16-20(29)15-26-10-12-27(13-11-26)33(30,31)23-14-19(24)6-9-22(23)25/h4-9,14,20,29H,2-3,10-13,15-16H2,1H3/t20-/m0/s1. The van der Waals surface area contributed by atoms with E-state index in [1.165, 1.54) is 4.31 Å². The summed E-state index contributed by atoms with van der Waals surface area (Å²) in [5.41, 5.74) is 1.07. The van der Waals surface area contributed by atoms with E-state index in [0.29, 0.717) is 60.3 Å². The van der Waals surface area contributed by atoms with Crippen LogP contribution in [-0.4, -0.2) is 73.9 Å². The van der Waals surface area contributed by atoms with Crippen LogP contribution in [0, 0.1) is 0 Å². The number of β-amino-alcohol motifs (C(OH)–C–C–N with tert-alkyl or cyclic N) is 1. The van der Waals surface area contributed by atoms with Crippen LogP contribution in [0.15, 0.2) is 56.3 Å². The van der Waals surface area contributed by atoms with Gasteiger partial charge >= 0.3 is 0 Å². The Balaban J connectivity index is 1.45. The highest BCUT2D eigenvalue weighted by atomic mass is 79.9. The Labute approximate surface area is 212 Å². The second-order valence-electron chi connectivity index (χ2n) is 8.09. The number of sulfonamides is 1. The molecule has 3 rings (SSSR count). The van der Waals surface area contributed by atoms with Crippen LogP contribution in [0.5, 0.6) is 5.75 Å². The molecule has 0 amide bonds. The van der Waals surface area contributed by atoms with Crippen molar-refractivity contribution in [2.45, 2.75) is 30.8 Å². The molecule has 0 saturated carbocycles. The molecule has 0 radical (unpaired) electrons. The summed E-state index contributed by atoms with van der Waals surface area (Å²) in [6.45, 7) is 3.92. The van der Waals surface area contributed by atoms with Gasteiger partial charge in [-0.15, -0.1) is 0 Å². The predicted octanol–water partition coefficient (Wildman–Crippen LogP) is 3.48. The lowest BCUT2D eigenvalue weighted by atomic mass is 10.1. The van der Waals surface area contributed by atoms with Crippen LogP contribution in [0.25, 0.3) is 0 Å². The topological polar surface area (TPSA) is 87.2 Å². The molecule has 2 aromatic rings. The van der Waals surface area contributed by atoms with Gasteiger partial charge in [0, 0.05) is 48.1 Å². The molecule has 0 spiro atoms. The number of hydrogen-bond donors (Lipinski definition) is 1. The summed E-state index contributed by atoms with van der Waals surface area (Å²) in [6, 6.07) is 12.6. The van der Waals surface area contributed by atoms with Gasteiger partial charge in [-0.3, -0.25) is 4.90 Å². The number of ketones is 1. The molecule has 7 nitrogen and oxygen atoms in total. The van der Waals surface area contributed by atoms with Crippen molar-refractivity contribution in [3.63, 3.8) is 0 Å². The first kappa shape index (κ1) is 26.3. The van der Waals surface area contributed by atoms with E-state index in [-0.39, 0.29) is 17.3 Å². The molecule has 1 saturated heterocycles. The Morgan fingerprint density at radius 1 is 1.09 bits per heavy atom. The predicted molar refractivity (Wildman–Crippen MR) is 134 cm³/mol. The minimum Gasteiger partial charge on any atom is -0.491 e. The van der Waals surface area contributed by atoms with Gasteiger partial charge in [0.05, 0.1) is 4.90 Å². The van der Waals surface area contributed by atoms with Crippen LogP contribution in [0.3, 0.4) is 0 Å². The molecule has 1 heterocycles. The molecule has 0 unspecified atom stereocenters. The highest BCUT2D eigenvalue weighted by Gasteiger charge is 2.30. The third-order valence-corrected chi connectivity index (χ3v) is 8.83. The highest BCUT2D eigenvalue weighted by Crippen LogP contribution is 2.28. The van der Waals surface area contributed by atoms with Gasteiger partial charge in [-0.2, -0.15) is 4.31 Å². The van der Waals surface area contributed by atoms with E-state index < -0.39 is 16.1 Å². The zero-order valence-corrected chi connectivity index (χ0v) is 22.4. The normalized spacial score (nSPS) is 16.5. The fourth-order valence-corrected chi connectivity index (χ4v) is 6.47. The van der Waals surface area contributed by atoms with Gasteiger partial charge in [-0.1, -0.05) is 28.1 Å². The first-order valence-corrected chi connectivity index (χ1v) is 13.7. The van der Waals surface area contributed by atoms with Gasteiger partial charge in [0.2, 0.25) is 10.0 Å². The summed E-state index contributed by atoms with van der Waals surface area (Å²) in [7, 11) is -3.60. The van der Waals surface area contributed by atoms with Crippen LogP contribution in [-0.2, 0) is 21.2 Å². The van der Waals surface area contributed by atoms with E-state index in [1.807, 2.05) is 29.2 Å². The molecule has 2 aromatic carbocycles. The Hall–Kier alpha value is -1.30. The number of halogens is 2. The van der Waals surface area contributed by atoms with Crippen LogP contribution in [0.4, 0.5) is 0 Å². The van der Waals surface area contributed by atoms with Crippen molar-refractivity contribution in [3.8, 4) is 5.75 Å². The van der Waals surface area contributed by atoms with Crippen LogP contribution in [0.2, 0.25) is 0 Å². The summed E-state index contributed by atoms with van der Waals surface area (Å²) < 4.78 is 34.4. The number of aliphatic hydroxyl groups is 1. The number of Topliss-reactive ketones (excluding diaryl/α,β-unsaturated/α-hetero) is 1. The number of carbonyl (C=O) groups excluding carboxylic acids is 1. The molecule has 1 fully saturated rings. The van der Waals surface area contributed by atoms with Crippen molar-refractivity contribution in [1.82, 2.24) is 9.21 Å². The maximum Gasteiger partial charge on any atom is 0.244 e. The second-order valence-corrected chi connectivity index (χ2v) is 11.8. The van der Waals surface area contributed by atoms with Crippen LogP contribution in [0.1, 0.15) is 18.9 Å². The Morgan fingerprint density at radius 3 is 2.39 bits per heavy atom. The van der Waals surface area contributed by atoms with Gasteiger partial charge in [-0.25, -0.2) is 8.42 Å². The number of piperazine rings is 1. The minimum absolute atomic E-state index is 0.149. The molecule has 1 aliphatic rings. The monoisotopic (exact) mass is 602 g/mol. The first-order valence-electron chi connectivity index (χ1n) is 10.7. The van der Waals surface area contributed by atoms with Gasteiger partial charge in [-0.05, 0) is 65.2 Å². The Kier molecular flexibility index (Phi) is 9.49. The summed E-state index contributed by atoms with van der Waals surface area (Å²) in [5, 5.41) is 10.4. The third-order valence-electron chi connectivity index (χ3n) is 5.44. The summed E-state index contributed by atoms with van der Waals surface area (Å²) >= 11 is 6.67. The molecule has 1 N–H and O–H groups in total. The molecule has 0 bridgehead atoms. The Morgan fingerprint density at radius 2 is 1.76 bits per heavy atom.